The lowest BCUT2D eigenvalue weighted by molar-refractivity contribution is 0.0937. The van der Waals surface area contributed by atoms with E-state index < -0.39 is 5.92 Å². The second-order valence-corrected chi connectivity index (χ2v) is 5.51. The lowest BCUT2D eigenvalue weighted by atomic mass is 9.90. The molecule has 0 saturated carbocycles. The van der Waals surface area contributed by atoms with E-state index in [1.165, 1.54) is 17.5 Å². The summed E-state index contributed by atoms with van der Waals surface area (Å²) in [5.41, 5.74) is 3.37. The monoisotopic (exact) mass is 241 g/mol. The molecule has 0 spiro atoms. The van der Waals surface area contributed by atoms with Crippen LogP contribution in [0.3, 0.4) is 0 Å². The maximum Gasteiger partial charge on any atom is 0.179 e. The molecular weight excluding hydrogens is 222 g/mol. The number of fused-ring (bicyclic) bond motifs is 1. The molecule has 0 heterocycles. The summed E-state index contributed by atoms with van der Waals surface area (Å²) in [4.78, 5) is 12.3. The third kappa shape index (κ3) is 2.61. The van der Waals surface area contributed by atoms with E-state index in [0.29, 0.717) is 17.9 Å². The fourth-order valence-corrected chi connectivity index (χ4v) is 2.62. The van der Waals surface area contributed by atoms with Gasteiger partial charge in [0.05, 0.1) is 6.07 Å². The Balaban J connectivity index is 2.20. The molecular formula is C16H19NO. The lowest BCUT2D eigenvalue weighted by Crippen LogP contribution is -2.15. The lowest BCUT2D eigenvalue weighted by Gasteiger charge is -2.11. The van der Waals surface area contributed by atoms with Gasteiger partial charge in [0.1, 0.15) is 5.92 Å². The maximum absolute atomic E-state index is 12.3. The molecule has 1 aromatic carbocycles. The molecule has 18 heavy (non-hydrogen) atoms. The van der Waals surface area contributed by atoms with E-state index in [4.69, 9.17) is 5.26 Å². The Morgan fingerprint density at radius 2 is 2.06 bits per heavy atom. The van der Waals surface area contributed by atoms with Gasteiger partial charge in [-0.15, -0.1) is 0 Å². The highest BCUT2D eigenvalue weighted by Gasteiger charge is 2.22. The molecule has 0 saturated heterocycles. The Labute approximate surface area is 109 Å². The quantitative estimate of drug-likeness (QED) is 0.756. The summed E-state index contributed by atoms with van der Waals surface area (Å²) in [6, 6.07) is 8.09. The maximum atomic E-state index is 12.3. The van der Waals surface area contributed by atoms with E-state index in [0.717, 1.165) is 12.8 Å². The van der Waals surface area contributed by atoms with Gasteiger partial charge in [-0.1, -0.05) is 26.0 Å². The van der Waals surface area contributed by atoms with Gasteiger partial charge in [0.2, 0.25) is 0 Å². The molecule has 0 aromatic heterocycles. The van der Waals surface area contributed by atoms with Gasteiger partial charge in [-0.3, -0.25) is 4.79 Å². The van der Waals surface area contributed by atoms with Crippen LogP contribution in [-0.4, -0.2) is 5.78 Å². The van der Waals surface area contributed by atoms with Crippen molar-refractivity contribution < 1.29 is 4.79 Å². The first kappa shape index (κ1) is 12.8. The number of nitrogens with zero attached hydrogens (tertiary/aromatic N) is 1. The van der Waals surface area contributed by atoms with Crippen molar-refractivity contribution in [3.05, 3.63) is 34.9 Å². The standard InChI is InChI=1S/C16H19NO/c1-11(2)8-15(10-17)16(18)14-7-6-12-4-3-5-13(12)9-14/h6-7,9,11,15H,3-5,8H2,1-2H3. The zero-order valence-corrected chi connectivity index (χ0v) is 11.1. The van der Waals surface area contributed by atoms with E-state index in [2.05, 4.69) is 12.1 Å². The Kier molecular flexibility index (Phi) is 3.81. The van der Waals surface area contributed by atoms with Crippen LogP contribution in [0.15, 0.2) is 18.2 Å². The van der Waals surface area contributed by atoms with Crippen LogP contribution in [0.5, 0.6) is 0 Å². The molecule has 1 aliphatic carbocycles. The minimum absolute atomic E-state index is 0.0131. The number of nitriles is 1. The van der Waals surface area contributed by atoms with Crippen molar-refractivity contribution in [1.82, 2.24) is 0 Å². The topological polar surface area (TPSA) is 40.9 Å². The number of rotatable bonds is 4. The number of Topliss-reactive ketones (excluding diaryl/α,β-unsaturated/α-hetero) is 1. The molecule has 2 heteroatoms. The summed E-state index contributed by atoms with van der Waals surface area (Å²) in [5, 5.41) is 9.13. The summed E-state index contributed by atoms with van der Waals surface area (Å²) in [6.07, 6.45) is 4.02. The third-order valence-electron chi connectivity index (χ3n) is 3.56. The molecule has 1 aliphatic rings. The van der Waals surface area contributed by atoms with Gasteiger partial charge < -0.3 is 0 Å². The highest BCUT2D eigenvalue weighted by Crippen LogP contribution is 2.25. The fourth-order valence-electron chi connectivity index (χ4n) is 2.62. The van der Waals surface area contributed by atoms with Gasteiger partial charge in [0.15, 0.2) is 5.78 Å². The van der Waals surface area contributed by atoms with E-state index in [1.807, 2.05) is 26.0 Å². The first-order chi connectivity index (χ1) is 8.61. The van der Waals surface area contributed by atoms with Crippen LogP contribution in [0.25, 0.3) is 0 Å². The predicted molar refractivity (Wildman–Crippen MR) is 71.4 cm³/mol. The zero-order chi connectivity index (χ0) is 13.1. The largest absolute Gasteiger partial charge is 0.293 e. The van der Waals surface area contributed by atoms with Gasteiger partial charge in [-0.2, -0.15) is 5.26 Å². The van der Waals surface area contributed by atoms with Gasteiger partial charge in [0.25, 0.3) is 0 Å². The first-order valence-electron chi connectivity index (χ1n) is 6.67. The van der Waals surface area contributed by atoms with Crippen LogP contribution >= 0.6 is 0 Å². The van der Waals surface area contributed by atoms with Crippen molar-refractivity contribution in [3.8, 4) is 6.07 Å². The smallest absolute Gasteiger partial charge is 0.179 e. The molecule has 1 atom stereocenters. The van der Waals surface area contributed by atoms with Gasteiger partial charge >= 0.3 is 0 Å². The minimum Gasteiger partial charge on any atom is -0.293 e. The molecule has 0 radical (unpaired) electrons. The van der Waals surface area contributed by atoms with Crippen molar-refractivity contribution >= 4 is 5.78 Å². The molecule has 0 aliphatic heterocycles. The predicted octanol–water partition coefficient (Wildman–Crippen LogP) is 3.54. The second-order valence-electron chi connectivity index (χ2n) is 5.51. The van der Waals surface area contributed by atoms with Crippen molar-refractivity contribution in [1.29, 1.82) is 5.26 Å². The van der Waals surface area contributed by atoms with Crippen LogP contribution in [0, 0.1) is 23.2 Å². The third-order valence-corrected chi connectivity index (χ3v) is 3.56. The number of benzene rings is 1. The molecule has 94 valence electrons. The first-order valence-corrected chi connectivity index (χ1v) is 6.67. The average Bonchev–Trinajstić information content (AvgIpc) is 2.81. The number of carbonyl (C=O) groups excluding carboxylic acids is 1. The summed E-state index contributed by atoms with van der Waals surface area (Å²) in [7, 11) is 0. The molecule has 0 amide bonds. The van der Waals surface area contributed by atoms with E-state index in [9.17, 15) is 4.79 Å². The minimum atomic E-state index is -0.496. The van der Waals surface area contributed by atoms with Crippen LogP contribution in [0.4, 0.5) is 0 Å². The van der Waals surface area contributed by atoms with Crippen LogP contribution in [0.1, 0.15) is 48.2 Å². The number of carbonyl (C=O) groups is 1. The van der Waals surface area contributed by atoms with Crippen LogP contribution < -0.4 is 0 Å². The number of ketones is 1. The van der Waals surface area contributed by atoms with Gasteiger partial charge in [-0.05, 0) is 48.8 Å². The molecule has 0 N–H and O–H groups in total. The number of aryl methyl sites for hydroxylation is 2. The molecule has 2 nitrogen and oxygen atoms in total. The highest BCUT2D eigenvalue weighted by atomic mass is 16.1. The fraction of sp³-hybridized carbons (Fsp3) is 0.500. The van der Waals surface area contributed by atoms with E-state index in [1.54, 1.807) is 0 Å². The number of hydrogen-bond donors (Lipinski definition) is 0. The zero-order valence-electron chi connectivity index (χ0n) is 11.1. The highest BCUT2D eigenvalue weighted by molar-refractivity contribution is 5.99. The summed E-state index contributed by atoms with van der Waals surface area (Å²) in [6.45, 7) is 4.08. The molecule has 0 fully saturated rings. The van der Waals surface area contributed by atoms with Crippen molar-refractivity contribution in [3.63, 3.8) is 0 Å². The molecule has 2 rings (SSSR count). The summed E-state index contributed by atoms with van der Waals surface area (Å²) < 4.78 is 0. The van der Waals surface area contributed by atoms with Crippen LogP contribution in [-0.2, 0) is 12.8 Å². The summed E-state index contributed by atoms with van der Waals surface area (Å²) >= 11 is 0. The van der Waals surface area contributed by atoms with Crippen LogP contribution in [0.2, 0.25) is 0 Å². The van der Waals surface area contributed by atoms with Crippen molar-refractivity contribution in [2.24, 2.45) is 11.8 Å². The Morgan fingerprint density at radius 3 is 2.72 bits per heavy atom. The van der Waals surface area contributed by atoms with E-state index >= 15 is 0 Å². The Morgan fingerprint density at radius 1 is 1.33 bits per heavy atom. The Bertz CT molecular complexity index is 496. The van der Waals surface area contributed by atoms with E-state index in [-0.39, 0.29) is 5.78 Å². The average molecular weight is 241 g/mol. The van der Waals surface area contributed by atoms with Crippen molar-refractivity contribution in [2.75, 3.05) is 0 Å². The normalized spacial score (nSPS) is 15.2. The Hall–Kier alpha value is -1.62. The molecule has 1 unspecified atom stereocenters. The SMILES string of the molecule is CC(C)CC(C#N)C(=O)c1ccc2c(c1)CCC2. The van der Waals surface area contributed by atoms with Gasteiger partial charge in [-0.25, -0.2) is 0 Å². The molecule has 1 aromatic rings. The van der Waals surface area contributed by atoms with Gasteiger partial charge in [0, 0.05) is 5.56 Å². The second kappa shape index (κ2) is 5.35. The number of hydrogen-bond acceptors (Lipinski definition) is 2. The molecule has 0 bridgehead atoms. The van der Waals surface area contributed by atoms with Crippen molar-refractivity contribution in [2.45, 2.75) is 39.5 Å². The summed E-state index contributed by atoms with van der Waals surface area (Å²) in [5.74, 6) is -0.140.